The molecule has 4 rings (SSSR count). The van der Waals surface area contributed by atoms with Crippen LogP contribution in [0.1, 0.15) is 41.3 Å². The van der Waals surface area contributed by atoms with E-state index in [-0.39, 0.29) is 12.1 Å². The second-order valence-electron chi connectivity index (χ2n) is 6.47. The standard InChI is InChI=1S/C19H21NO/c1-12-10-13-6-2-4-8-15(13)18(12)20-19-16-9-5-3-7-14(16)11-17(19)21/h2-9,12,17-21H,10-11H2,1H3. The van der Waals surface area contributed by atoms with Crippen LogP contribution in [-0.2, 0) is 12.8 Å². The Hall–Kier alpha value is -1.64. The highest BCUT2D eigenvalue weighted by Gasteiger charge is 2.36. The van der Waals surface area contributed by atoms with Gasteiger partial charge in [-0.15, -0.1) is 0 Å². The lowest BCUT2D eigenvalue weighted by Gasteiger charge is -2.26. The van der Waals surface area contributed by atoms with Gasteiger partial charge in [-0.05, 0) is 34.6 Å². The minimum absolute atomic E-state index is 0.0554. The third-order valence-electron chi connectivity index (χ3n) is 5.06. The van der Waals surface area contributed by atoms with Crippen molar-refractivity contribution in [2.24, 2.45) is 5.92 Å². The molecule has 2 N–H and O–H groups in total. The molecule has 2 heteroatoms. The third kappa shape index (κ3) is 2.10. The molecule has 0 heterocycles. The fraction of sp³-hybridized carbons (Fsp3) is 0.368. The predicted molar refractivity (Wildman–Crippen MR) is 84.1 cm³/mol. The molecule has 0 saturated carbocycles. The highest BCUT2D eigenvalue weighted by molar-refractivity contribution is 5.39. The maximum atomic E-state index is 10.4. The molecule has 0 aromatic heterocycles. The zero-order chi connectivity index (χ0) is 14.4. The van der Waals surface area contributed by atoms with Crippen molar-refractivity contribution in [1.29, 1.82) is 0 Å². The molecule has 0 fully saturated rings. The highest BCUT2D eigenvalue weighted by atomic mass is 16.3. The van der Waals surface area contributed by atoms with Crippen LogP contribution in [0.4, 0.5) is 0 Å². The molecule has 0 spiro atoms. The molecular weight excluding hydrogens is 258 g/mol. The molecule has 108 valence electrons. The first-order valence-electron chi connectivity index (χ1n) is 7.84. The van der Waals surface area contributed by atoms with Crippen molar-refractivity contribution < 1.29 is 5.11 Å². The monoisotopic (exact) mass is 279 g/mol. The van der Waals surface area contributed by atoms with E-state index in [1.807, 2.05) is 0 Å². The number of benzene rings is 2. The van der Waals surface area contributed by atoms with E-state index in [1.165, 1.54) is 22.3 Å². The number of rotatable bonds is 2. The van der Waals surface area contributed by atoms with Gasteiger partial charge in [0.15, 0.2) is 0 Å². The number of aliphatic hydroxyl groups excluding tert-OH is 1. The van der Waals surface area contributed by atoms with E-state index < -0.39 is 0 Å². The van der Waals surface area contributed by atoms with Crippen LogP contribution in [0.5, 0.6) is 0 Å². The van der Waals surface area contributed by atoms with Gasteiger partial charge in [-0.2, -0.15) is 0 Å². The molecule has 4 atom stereocenters. The molecule has 2 nitrogen and oxygen atoms in total. The molecule has 2 aliphatic carbocycles. The van der Waals surface area contributed by atoms with Gasteiger partial charge in [-0.25, -0.2) is 0 Å². The summed E-state index contributed by atoms with van der Waals surface area (Å²) in [7, 11) is 0. The summed E-state index contributed by atoms with van der Waals surface area (Å²) < 4.78 is 0. The van der Waals surface area contributed by atoms with E-state index >= 15 is 0 Å². The van der Waals surface area contributed by atoms with Crippen molar-refractivity contribution in [3.05, 3.63) is 70.8 Å². The van der Waals surface area contributed by atoms with Gasteiger partial charge in [-0.3, -0.25) is 0 Å². The zero-order valence-electron chi connectivity index (χ0n) is 12.3. The Morgan fingerprint density at radius 1 is 0.857 bits per heavy atom. The summed E-state index contributed by atoms with van der Waals surface area (Å²) in [4.78, 5) is 0. The maximum Gasteiger partial charge on any atom is 0.0775 e. The molecule has 0 saturated heterocycles. The summed E-state index contributed by atoms with van der Waals surface area (Å²) in [5, 5.41) is 14.2. The Kier molecular flexibility index (Phi) is 3.09. The van der Waals surface area contributed by atoms with Crippen LogP contribution in [0.15, 0.2) is 48.5 Å². The summed E-state index contributed by atoms with van der Waals surface area (Å²) >= 11 is 0. The fourth-order valence-corrected chi connectivity index (χ4v) is 4.02. The van der Waals surface area contributed by atoms with Gasteiger partial charge in [-0.1, -0.05) is 55.5 Å². The minimum Gasteiger partial charge on any atom is -0.391 e. The van der Waals surface area contributed by atoms with Crippen LogP contribution in [-0.4, -0.2) is 11.2 Å². The van der Waals surface area contributed by atoms with E-state index in [0.29, 0.717) is 12.0 Å². The second-order valence-corrected chi connectivity index (χ2v) is 6.47. The lowest BCUT2D eigenvalue weighted by Crippen LogP contribution is -2.33. The molecule has 21 heavy (non-hydrogen) atoms. The van der Waals surface area contributed by atoms with Gasteiger partial charge < -0.3 is 10.4 Å². The summed E-state index contributed by atoms with van der Waals surface area (Å²) in [5.41, 5.74) is 5.40. The summed E-state index contributed by atoms with van der Waals surface area (Å²) in [6.07, 6.45) is 1.57. The number of hydrogen-bond donors (Lipinski definition) is 2. The average Bonchev–Trinajstić information content (AvgIpc) is 2.97. The van der Waals surface area contributed by atoms with E-state index in [1.54, 1.807) is 0 Å². The van der Waals surface area contributed by atoms with Crippen LogP contribution in [0.2, 0.25) is 0 Å². The van der Waals surface area contributed by atoms with E-state index in [9.17, 15) is 5.11 Å². The van der Waals surface area contributed by atoms with Crippen molar-refractivity contribution in [3.63, 3.8) is 0 Å². The number of nitrogens with one attached hydrogen (secondary N) is 1. The molecule has 2 aromatic rings. The lowest BCUT2D eigenvalue weighted by molar-refractivity contribution is 0.130. The molecular formula is C19H21NO. The molecule has 0 aliphatic heterocycles. The average molecular weight is 279 g/mol. The van der Waals surface area contributed by atoms with Gasteiger partial charge in [0.2, 0.25) is 0 Å². The first-order chi connectivity index (χ1) is 10.2. The topological polar surface area (TPSA) is 32.3 Å². The van der Waals surface area contributed by atoms with E-state index in [2.05, 4.69) is 60.8 Å². The Balaban J connectivity index is 1.65. The van der Waals surface area contributed by atoms with Crippen LogP contribution in [0.3, 0.4) is 0 Å². The second kappa shape index (κ2) is 4.97. The van der Waals surface area contributed by atoms with Gasteiger partial charge in [0, 0.05) is 12.5 Å². The smallest absolute Gasteiger partial charge is 0.0775 e. The Morgan fingerprint density at radius 2 is 1.43 bits per heavy atom. The maximum absolute atomic E-state index is 10.4. The molecule has 0 radical (unpaired) electrons. The Bertz CT molecular complexity index is 609. The number of aliphatic hydroxyl groups is 1. The quantitative estimate of drug-likeness (QED) is 0.885. The van der Waals surface area contributed by atoms with E-state index in [4.69, 9.17) is 0 Å². The summed E-state index contributed by atoms with van der Waals surface area (Å²) in [6.45, 7) is 2.30. The summed E-state index contributed by atoms with van der Waals surface area (Å²) in [6, 6.07) is 17.5. The normalized spacial score (nSPS) is 30.2. The zero-order valence-corrected chi connectivity index (χ0v) is 12.3. The lowest BCUT2D eigenvalue weighted by atomic mass is 9.99. The van der Waals surface area contributed by atoms with Crippen molar-refractivity contribution in [2.75, 3.05) is 0 Å². The van der Waals surface area contributed by atoms with Crippen LogP contribution >= 0.6 is 0 Å². The largest absolute Gasteiger partial charge is 0.391 e. The first kappa shape index (κ1) is 13.1. The fourth-order valence-electron chi connectivity index (χ4n) is 4.02. The van der Waals surface area contributed by atoms with E-state index in [0.717, 1.165) is 12.8 Å². The molecule has 0 amide bonds. The Labute approximate surface area is 125 Å². The van der Waals surface area contributed by atoms with Crippen LogP contribution in [0, 0.1) is 5.92 Å². The van der Waals surface area contributed by atoms with Crippen LogP contribution < -0.4 is 5.32 Å². The SMILES string of the molecule is CC1Cc2ccccc2C1NC1c2ccccc2CC1O. The van der Waals surface area contributed by atoms with Crippen molar-refractivity contribution in [2.45, 2.75) is 38.0 Å². The predicted octanol–water partition coefficient (Wildman–Crippen LogP) is 3.17. The van der Waals surface area contributed by atoms with Crippen molar-refractivity contribution in [1.82, 2.24) is 5.32 Å². The van der Waals surface area contributed by atoms with Gasteiger partial charge in [0.05, 0.1) is 12.1 Å². The van der Waals surface area contributed by atoms with Crippen molar-refractivity contribution in [3.8, 4) is 0 Å². The summed E-state index contributed by atoms with van der Waals surface area (Å²) in [5.74, 6) is 0.572. The Morgan fingerprint density at radius 3 is 2.14 bits per heavy atom. The number of fused-ring (bicyclic) bond motifs is 2. The van der Waals surface area contributed by atoms with Crippen molar-refractivity contribution >= 4 is 0 Å². The molecule has 4 unspecified atom stereocenters. The molecule has 2 aromatic carbocycles. The molecule has 2 aliphatic rings. The highest BCUT2D eigenvalue weighted by Crippen LogP contribution is 2.40. The third-order valence-corrected chi connectivity index (χ3v) is 5.06. The van der Waals surface area contributed by atoms with Crippen LogP contribution in [0.25, 0.3) is 0 Å². The number of hydrogen-bond acceptors (Lipinski definition) is 2. The van der Waals surface area contributed by atoms with Gasteiger partial charge >= 0.3 is 0 Å². The first-order valence-corrected chi connectivity index (χ1v) is 7.84. The minimum atomic E-state index is -0.317. The van der Waals surface area contributed by atoms with Gasteiger partial charge in [0.1, 0.15) is 0 Å². The van der Waals surface area contributed by atoms with Gasteiger partial charge in [0.25, 0.3) is 0 Å². The molecule has 0 bridgehead atoms.